The van der Waals surface area contributed by atoms with Crippen LogP contribution in [0, 0.1) is 19.8 Å². The van der Waals surface area contributed by atoms with Gasteiger partial charge in [0, 0.05) is 22.8 Å². The standard InChI is InChI=1S/C25H29N5O3S/c1-14(2)16(4)26-22(31)12-19-13-34-25-27-17(5)23(24(32)29(19)25)21-11-15(3)30(28-21)18-7-9-20(33-6)10-8-18/h7-11,13-14,16H,12H2,1-6H3,(H,26,31). The normalized spacial score (nSPS) is 12.3. The molecule has 1 N–H and O–H groups in total. The minimum Gasteiger partial charge on any atom is -0.497 e. The lowest BCUT2D eigenvalue weighted by molar-refractivity contribution is -0.121. The summed E-state index contributed by atoms with van der Waals surface area (Å²) in [4.78, 5) is 31.4. The van der Waals surface area contributed by atoms with Gasteiger partial charge in [-0.2, -0.15) is 5.10 Å². The predicted molar refractivity (Wildman–Crippen MR) is 134 cm³/mol. The van der Waals surface area contributed by atoms with Crippen molar-refractivity contribution in [1.82, 2.24) is 24.5 Å². The number of thiazole rings is 1. The molecule has 0 saturated heterocycles. The van der Waals surface area contributed by atoms with Gasteiger partial charge in [0.15, 0.2) is 4.96 Å². The number of carbonyl (C=O) groups is 1. The topological polar surface area (TPSA) is 90.5 Å². The van der Waals surface area contributed by atoms with Crippen molar-refractivity contribution in [2.24, 2.45) is 5.92 Å². The number of hydrogen-bond donors (Lipinski definition) is 1. The van der Waals surface area contributed by atoms with E-state index in [9.17, 15) is 9.59 Å². The summed E-state index contributed by atoms with van der Waals surface area (Å²) < 4.78 is 8.56. The number of carbonyl (C=O) groups excluding carboxylic acids is 1. The van der Waals surface area contributed by atoms with Crippen LogP contribution >= 0.6 is 11.3 Å². The van der Waals surface area contributed by atoms with E-state index in [1.54, 1.807) is 11.8 Å². The first-order chi connectivity index (χ1) is 16.2. The lowest BCUT2D eigenvalue weighted by Gasteiger charge is -2.17. The van der Waals surface area contributed by atoms with Crippen LogP contribution in [0.2, 0.25) is 0 Å². The van der Waals surface area contributed by atoms with Crippen LogP contribution in [0.25, 0.3) is 21.9 Å². The van der Waals surface area contributed by atoms with Crippen LogP contribution in [0.3, 0.4) is 0 Å². The molecule has 0 aliphatic heterocycles. The molecule has 8 nitrogen and oxygen atoms in total. The Morgan fingerprint density at radius 1 is 1.18 bits per heavy atom. The molecule has 0 aliphatic carbocycles. The number of benzene rings is 1. The highest BCUT2D eigenvalue weighted by atomic mass is 32.1. The molecule has 4 aromatic rings. The number of methoxy groups -OCH3 is 1. The fourth-order valence-electron chi connectivity index (χ4n) is 3.74. The van der Waals surface area contributed by atoms with E-state index in [1.807, 2.05) is 56.5 Å². The smallest absolute Gasteiger partial charge is 0.268 e. The summed E-state index contributed by atoms with van der Waals surface area (Å²) in [5.74, 6) is 0.967. The summed E-state index contributed by atoms with van der Waals surface area (Å²) in [7, 11) is 1.62. The molecule has 178 valence electrons. The lowest BCUT2D eigenvalue weighted by Crippen LogP contribution is -2.37. The number of aryl methyl sites for hydroxylation is 2. The first-order valence-electron chi connectivity index (χ1n) is 11.2. The zero-order chi connectivity index (χ0) is 24.6. The summed E-state index contributed by atoms with van der Waals surface area (Å²) >= 11 is 1.36. The maximum atomic E-state index is 13.6. The second-order valence-electron chi connectivity index (χ2n) is 8.78. The van der Waals surface area contributed by atoms with Crippen LogP contribution in [-0.4, -0.2) is 38.2 Å². The van der Waals surface area contributed by atoms with Crippen molar-refractivity contribution in [2.75, 3.05) is 7.11 Å². The van der Waals surface area contributed by atoms with Crippen molar-refractivity contribution in [1.29, 1.82) is 0 Å². The molecular weight excluding hydrogens is 450 g/mol. The number of nitrogens with zero attached hydrogens (tertiary/aromatic N) is 4. The van der Waals surface area contributed by atoms with Gasteiger partial charge < -0.3 is 10.1 Å². The van der Waals surface area contributed by atoms with E-state index in [4.69, 9.17) is 9.84 Å². The van der Waals surface area contributed by atoms with Gasteiger partial charge in [-0.3, -0.25) is 14.0 Å². The number of aromatic nitrogens is 4. The molecule has 3 aromatic heterocycles. The molecule has 0 fully saturated rings. The van der Waals surface area contributed by atoms with Crippen LogP contribution in [0.4, 0.5) is 0 Å². The molecule has 34 heavy (non-hydrogen) atoms. The largest absolute Gasteiger partial charge is 0.497 e. The summed E-state index contributed by atoms with van der Waals surface area (Å²) in [6.45, 7) is 9.85. The number of rotatable bonds is 7. The minimum absolute atomic E-state index is 0.0509. The van der Waals surface area contributed by atoms with Gasteiger partial charge in [-0.05, 0) is 57.0 Å². The van der Waals surface area contributed by atoms with E-state index in [0.717, 1.165) is 17.1 Å². The van der Waals surface area contributed by atoms with E-state index >= 15 is 0 Å². The van der Waals surface area contributed by atoms with Crippen molar-refractivity contribution in [3.8, 4) is 22.7 Å². The molecule has 3 heterocycles. The second kappa shape index (κ2) is 9.42. The maximum absolute atomic E-state index is 13.6. The van der Waals surface area contributed by atoms with Crippen LogP contribution in [0.15, 0.2) is 40.5 Å². The average molecular weight is 480 g/mol. The Kier molecular flexibility index (Phi) is 6.56. The maximum Gasteiger partial charge on any atom is 0.268 e. The van der Waals surface area contributed by atoms with Crippen LogP contribution in [0.1, 0.15) is 37.9 Å². The van der Waals surface area contributed by atoms with Gasteiger partial charge in [0.05, 0.1) is 30.5 Å². The van der Waals surface area contributed by atoms with Gasteiger partial charge >= 0.3 is 0 Å². The van der Waals surface area contributed by atoms with Crippen LogP contribution < -0.4 is 15.6 Å². The van der Waals surface area contributed by atoms with Gasteiger partial charge in [0.1, 0.15) is 11.4 Å². The highest BCUT2D eigenvalue weighted by Crippen LogP contribution is 2.24. The molecule has 0 saturated carbocycles. The van der Waals surface area contributed by atoms with E-state index in [-0.39, 0.29) is 23.9 Å². The molecule has 1 atom stereocenters. The third kappa shape index (κ3) is 4.48. The number of ether oxygens (including phenoxy) is 1. The first kappa shape index (κ1) is 23.7. The number of nitrogens with one attached hydrogen (secondary N) is 1. The summed E-state index contributed by atoms with van der Waals surface area (Å²) in [6, 6.07) is 9.49. The Morgan fingerprint density at radius 2 is 1.88 bits per heavy atom. The Balaban J connectivity index is 1.73. The second-order valence-corrected chi connectivity index (χ2v) is 9.62. The van der Waals surface area contributed by atoms with Crippen molar-refractivity contribution in [3.05, 3.63) is 63.1 Å². The van der Waals surface area contributed by atoms with Gasteiger partial charge in [-0.25, -0.2) is 9.67 Å². The van der Waals surface area contributed by atoms with Gasteiger partial charge in [-0.15, -0.1) is 11.3 Å². The zero-order valence-electron chi connectivity index (χ0n) is 20.2. The minimum atomic E-state index is -0.220. The van der Waals surface area contributed by atoms with E-state index in [2.05, 4.69) is 24.1 Å². The molecule has 0 bridgehead atoms. The van der Waals surface area contributed by atoms with Crippen molar-refractivity contribution in [2.45, 2.75) is 47.1 Å². The van der Waals surface area contributed by atoms with Crippen LogP contribution in [0.5, 0.6) is 5.75 Å². The monoisotopic (exact) mass is 479 g/mol. The van der Waals surface area contributed by atoms with Crippen molar-refractivity contribution in [3.63, 3.8) is 0 Å². The quantitative estimate of drug-likeness (QED) is 0.434. The first-order valence-corrected chi connectivity index (χ1v) is 12.1. The van der Waals surface area contributed by atoms with Crippen molar-refractivity contribution < 1.29 is 9.53 Å². The molecule has 0 radical (unpaired) electrons. The molecule has 0 spiro atoms. The Hall–Kier alpha value is -3.46. The Morgan fingerprint density at radius 3 is 2.53 bits per heavy atom. The number of amides is 1. The lowest BCUT2D eigenvalue weighted by atomic mass is 10.1. The van der Waals surface area contributed by atoms with E-state index in [0.29, 0.717) is 33.5 Å². The fraction of sp³-hybridized carbons (Fsp3) is 0.360. The summed E-state index contributed by atoms with van der Waals surface area (Å²) in [5, 5.41) is 9.54. The van der Waals surface area contributed by atoms with E-state index in [1.165, 1.54) is 15.7 Å². The van der Waals surface area contributed by atoms with Crippen LogP contribution in [-0.2, 0) is 11.2 Å². The molecule has 1 unspecified atom stereocenters. The van der Waals surface area contributed by atoms with Gasteiger partial charge in [0.25, 0.3) is 5.56 Å². The number of fused-ring (bicyclic) bond motifs is 1. The van der Waals surface area contributed by atoms with Gasteiger partial charge in [-0.1, -0.05) is 13.8 Å². The Bertz CT molecular complexity index is 1400. The Labute approximate surface area is 202 Å². The van der Waals surface area contributed by atoms with Gasteiger partial charge in [0.2, 0.25) is 5.91 Å². The summed E-state index contributed by atoms with van der Waals surface area (Å²) in [5.41, 5.74) is 3.74. The third-order valence-corrected chi connectivity index (χ3v) is 6.89. The molecule has 1 aromatic carbocycles. The molecule has 4 rings (SSSR count). The molecular formula is C25H29N5O3S. The molecule has 1 amide bonds. The predicted octanol–water partition coefficient (Wildman–Crippen LogP) is 3.94. The average Bonchev–Trinajstić information content (AvgIpc) is 3.36. The molecule has 9 heteroatoms. The SMILES string of the molecule is COc1ccc(-n2nc(-c3c(C)nc4scc(CC(=O)NC(C)C(C)C)n4c3=O)cc2C)cc1. The molecule has 0 aliphatic rings. The van der Waals surface area contributed by atoms with Crippen molar-refractivity contribution >= 4 is 22.2 Å². The highest BCUT2D eigenvalue weighted by Gasteiger charge is 2.20. The highest BCUT2D eigenvalue weighted by molar-refractivity contribution is 7.15. The zero-order valence-corrected chi connectivity index (χ0v) is 21.1. The third-order valence-electron chi connectivity index (χ3n) is 6.01. The number of hydrogen-bond acceptors (Lipinski definition) is 6. The fourth-order valence-corrected chi connectivity index (χ4v) is 4.67. The van der Waals surface area contributed by atoms with E-state index < -0.39 is 0 Å². The summed E-state index contributed by atoms with van der Waals surface area (Å²) in [6.07, 6.45) is 0.112.